The van der Waals surface area contributed by atoms with Crippen LogP contribution in [0.15, 0.2) is 42.5 Å². The van der Waals surface area contributed by atoms with E-state index in [1.807, 2.05) is 36.4 Å². The standard InChI is InChI=1S/C21H25NO4/c23-20(15-24-18-9-8-16-6-2-3-7-17(16)12-18)22-13-19-14-25-21(26-19)10-4-1-5-11-21/h2-3,6-9,12,19H,1,4-5,10-11,13-15H2,(H,22,23)/t19-/m0/s1. The molecular weight excluding hydrogens is 330 g/mol. The van der Waals surface area contributed by atoms with E-state index in [2.05, 4.69) is 11.4 Å². The number of benzene rings is 2. The fourth-order valence-electron chi connectivity index (χ4n) is 3.75. The third-order valence-electron chi connectivity index (χ3n) is 5.15. The second-order valence-electron chi connectivity index (χ2n) is 7.12. The lowest BCUT2D eigenvalue weighted by molar-refractivity contribution is -0.186. The van der Waals surface area contributed by atoms with Crippen LogP contribution in [0, 0.1) is 0 Å². The highest BCUT2D eigenvalue weighted by Crippen LogP contribution is 2.37. The van der Waals surface area contributed by atoms with Crippen LogP contribution in [0.1, 0.15) is 32.1 Å². The highest BCUT2D eigenvalue weighted by atomic mass is 16.7. The molecule has 0 radical (unpaired) electrons. The topological polar surface area (TPSA) is 56.8 Å². The first-order valence-corrected chi connectivity index (χ1v) is 9.43. The van der Waals surface area contributed by atoms with Crippen LogP contribution in [0.4, 0.5) is 0 Å². The Bertz CT molecular complexity index is 769. The van der Waals surface area contributed by atoms with Crippen molar-refractivity contribution in [3.63, 3.8) is 0 Å². The van der Waals surface area contributed by atoms with E-state index in [4.69, 9.17) is 14.2 Å². The number of rotatable bonds is 5. The van der Waals surface area contributed by atoms with Gasteiger partial charge in [0.2, 0.25) is 0 Å². The number of hydrogen-bond acceptors (Lipinski definition) is 4. The van der Waals surface area contributed by atoms with Gasteiger partial charge >= 0.3 is 0 Å². The highest BCUT2D eigenvalue weighted by Gasteiger charge is 2.42. The van der Waals surface area contributed by atoms with E-state index in [9.17, 15) is 4.79 Å². The second-order valence-corrected chi connectivity index (χ2v) is 7.12. The lowest BCUT2D eigenvalue weighted by atomic mass is 9.94. The molecule has 1 aliphatic carbocycles. The molecule has 1 heterocycles. The maximum atomic E-state index is 12.1. The first-order chi connectivity index (χ1) is 12.7. The fraction of sp³-hybridized carbons (Fsp3) is 0.476. The Morgan fingerprint density at radius 2 is 1.92 bits per heavy atom. The Balaban J connectivity index is 1.23. The van der Waals surface area contributed by atoms with E-state index in [1.54, 1.807) is 0 Å². The quantitative estimate of drug-likeness (QED) is 0.893. The maximum absolute atomic E-state index is 12.1. The van der Waals surface area contributed by atoms with Crippen LogP contribution in [0.3, 0.4) is 0 Å². The lowest BCUT2D eigenvalue weighted by Gasteiger charge is -2.31. The number of amides is 1. The second kappa shape index (κ2) is 7.64. The zero-order chi connectivity index (χ0) is 17.8. The molecule has 0 unspecified atom stereocenters. The third-order valence-corrected chi connectivity index (χ3v) is 5.15. The number of ether oxygens (including phenoxy) is 3. The predicted molar refractivity (Wildman–Crippen MR) is 99.1 cm³/mol. The van der Waals surface area contributed by atoms with Gasteiger partial charge in [-0.15, -0.1) is 0 Å². The summed E-state index contributed by atoms with van der Waals surface area (Å²) in [5.74, 6) is 0.154. The minimum Gasteiger partial charge on any atom is -0.484 e. The molecular formula is C21H25NO4. The molecule has 1 atom stereocenters. The van der Waals surface area contributed by atoms with Crippen molar-refractivity contribution in [3.05, 3.63) is 42.5 Å². The van der Waals surface area contributed by atoms with E-state index in [-0.39, 0.29) is 18.6 Å². The Morgan fingerprint density at radius 3 is 2.77 bits per heavy atom. The van der Waals surface area contributed by atoms with Gasteiger partial charge in [-0.1, -0.05) is 36.8 Å². The van der Waals surface area contributed by atoms with E-state index in [0.29, 0.717) is 18.9 Å². The fourth-order valence-corrected chi connectivity index (χ4v) is 3.75. The molecule has 1 saturated heterocycles. The first-order valence-electron chi connectivity index (χ1n) is 9.43. The molecule has 1 aliphatic heterocycles. The molecule has 5 heteroatoms. The maximum Gasteiger partial charge on any atom is 0.258 e. The molecule has 5 nitrogen and oxygen atoms in total. The van der Waals surface area contributed by atoms with Gasteiger partial charge in [-0.2, -0.15) is 0 Å². The average Bonchev–Trinajstić information content (AvgIpc) is 3.07. The molecule has 1 N–H and O–H groups in total. The highest BCUT2D eigenvalue weighted by molar-refractivity contribution is 5.84. The van der Waals surface area contributed by atoms with Crippen LogP contribution in [0.5, 0.6) is 5.75 Å². The molecule has 0 aromatic heterocycles. The van der Waals surface area contributed by atoms with Crippen molar-refractivity contribution < 1.29 is 19.0 Å². The molecule has 2 fully saturated rings. The van der Waals surface area contributed by atoms with Crippen molar-refractivity contribution >= 4 is 16.7 Å². The molecule has 1 amide bonds. The smallest absolute Gasteiger partial charge is 0.258 e. The minimum absolute atomic E-state index is 0.00292. The van der Waals surface area contributed by atoms with Gasteiger partial charge in [0.05, 0.1) is 6.61 Å². The summed E-state index contributed by atoms with van der Waals surface area (Å²) in [5, 5.41) is 5.13. The number of hydrogen-bond donors (Lipinski definition) is 1. The molecule has 0 bridgehead atoms. The van der Waals surface area contributed by atoms with Gasteiger partial charge in [0.1, 0.15) is 11.9 Å². The molecule has 26 heavy (non-hydrogen) atoms. The first kappa shape index (κ1) is 17.3. The van der Waals surface area contributed by atoms with Crippen LogP contribution in [0.25, 0.3) is 10.8 Å². The summed E-state index contributed by atoms with van der Waals surface area (Å²) in [6, 6.07) is 13.9. The Morgan fingerprint density at radius 1 is 1.12 bits per heavy atom. The molecule has 2 aromatic rings. The van der Waals surface area contributed by atoms with Crippen molar-refractivity contribution in [1.82, 2.24) is 5.32 Å². The van der Waals surface area contributed by atoms with E-state index in [0.717, 1.165) is 36.5 Å². The monoisotopic (exact) mass is 355 g/mol. The Kier molecular flexibility index (Phi) is 5.09. The van der Waals surface area contributed by atoms with Crippen molar-refractivity contribution in [2.75, 3.05) is 19.8 Å². The minimum atomic E-state index is -0.394. The number of carbonyl (C=O) groups excluding carboxylic acids is 1. The summed E-state index contributed by atoms with van der Waals surface area (Å²) >= 11 is 0. The zero-order valence-electron chi connectivity index (χ0n) is 14.9. The molecule has 4 rings (SSSR count). The Hall–Kier alpha value is -2.11. The number of fused-ring (bicyclic) bond motifs is 1. The van der Waals surface area contributed by atoms with Gasteiger partial charge < -0.3 is 19.5 Å². The lowest BCUT2D eigenvalue weighted by Crippen LogP contribution is -2.38. The predicted octanol–water partition coefficient (Wildman–Crippen LogP) is 3.41. The summed E-state index contributed by atoms with van der Waals surface area (Å²) in [4.78, 5) is 12.1. The van der Waals surface area contributed by atoms with E-state index >= 15 is 0 Å². The summed E-state index contributed by atoms with van der Waals surface area (Å²) in [6.07, 6.45) is 5.41. The largest absolute Gasteiger partial charge is 0.484 e. The number of carbonyl (C=O) groups is 1. The van der Waals surface area contributed by atoms with Crippen molar-refractivity contribution in [1.29, 1.82) is 0 Å². The van der Waals surface area contributed by atoms with Crippen LogP contribution in [-0.4, -0.2) is 37.6 Å². The molecule has 1 spiro atoms. The van der Waals surface area contributed by atoms with Crippen LogP contribution in [0.2, 0.25) is 0 Å². The van der Waals surface area contributed by atoms with Crippen molar-refractivity contribution in [2.45, 2.75) is 44.0 Å². The molecule has 1 saturated carbocycles. The van der Waals surface area contributed by atoms with Crippen LogP contribution in [-0.2, 0) is 14.3 Å². The van der Waals surface area contributed by atoms with Crippen molar-refractivity contribution in [2.24, 2.45) is 0 Å². The molecule has 2 aromatic carbocycles. The summed E-state index contributed by atoms with van der Waals surface area (Å²) in [7, 11) is 0. The Labute approximate surface area is 153 Å². The van der Waals surface area contributed by atoms with Gasteiger partial charge in [-0.3, -0.25) is 4.79 Å². The van der Waals surface area contributed by atoms with Crippen LogP contribution < -0.4 is 10.1 Å². The average molecular weight is 355 g/mol. The van der Waals surface area contributed by atoms with E-state index in [1.165, 1.54) is 6.42 Å². The van der Waals surface area contributed by atoms with Gasteiger partial charge in [-0.25, -0.2) is 0 Å². The summed E-state index contributed by atoms with van der Waals surface area (Å²) in [6.45, 7) is 1.00. The van der Waals surface area contributed by atoms with Crippen molar-refractivity contribution in [3.8, 4) is 5.75 Å². The zero-order valence-corrected chi connectivity index (χ0v) is 14.9. The van der Waals surface area contributed by atoms with Gasteiger partial charge in [0.25, 0.3) is 5.91 Å². The third kappa shape index (κ3) is 4.00. The van der Waals surface area contributed by atoms with Gasteiger partial charge in [-0.05, 0) is 35.7 Å². The summed E-state index contributed by atoms with van der Waals surface area (Å²) < 4.78 is 17.6. The SMILES string of the molecule is O=C(COc1ccc2ccccc2c1)NC[C@H]1COC2(CCCCC2)O1. The molecule has 138 valence electrons. The van der Waals surface area contributed by atoms with Crippen LogP contribution >= 0.6 is 0 Å². The number of nitrogens with one attached hydrogen (secondary N) is 1. The van der Waals surface area contributed by atoms with Gasteiger partial charge in [0, 0.05) is 19.4 Å². The van der Waals surface area contributed by atoms with Gasteiger partial charge in [0.15, 0.2) is 12.4 Å². The normalized spacial score (nSPS) is 21.8. The molecule has 2 aliphatic rings. The van der Waals surface area contributed by atoms with E-state index < -0.39 is 5.79 Å². The summed E-state index contributed by atoms with van der Waals surface area (Å²) in [5.41, 5.74) is 0.